The van der Waals surface area contributed by atoms with Crippen molar-refractivity contribution < 1.29 is 24.9 Å². The molecule has 8 heteroatoms. The van der Waals surface area contributed by atoms with Gasteiger partial charge in [0.15, 0.2) is 0 Å². The molecule has 0 aromatic rings. The molecule has 0 saturated heterocycles. The fourth-order valence-corrected chi connectivity index (χ4v) is 7.20. The van der Waals surface area contributed by atoms with Crippen molar-refractivity contribution in [3.63, 3.8) is 0 Å². The van der Waals surface area contributed by atoms with Crippen molar-refractivity contribution in [1.82, 2.24) is 0 Å². The number of carboxylic acid groups (broad SMARTS) is 1. The molecule has 0 aromatic heterocycles. The van der Waals surface area contributed by atoms with Gasteiger partial charge in [0.2, 0.25) is 0 Å². The molecule has 0 fully saturated rings. The van der Waals surface area contributed by atoms with Crippen molar-refractivity contribution >= 4 is 35.0 Å². The first-order chi connectivity index (χ1) is 7.71. The van der Waals surface area contributed by atoms with Crippen LogP contribution in [0.3, 0.4) is 0 Å². The summed E-state index contributed by atoms with van der Waals surface area (Å²) in [5, 5.41) is 9.16. The summed E-state index contributed by atoms with van der Waals surface area (Å²) in [5.74, 6) is -1.64. The second-order valence-corrected chi connectivity index (χ2v) is 9.38. The normalized spacial score (nSPS) is 31.8. The standard InChI is InChI=1S/C9H10As2O6/c1-6-4-3-5-9(7(12)13,11(16)17)8(6,2)10(14)15/h3-5H,1-2H3,(H,12,13). The molecule has 2 atom stereocenters. The Morgan fingerprint density at radius 1 is 1.24 bits per heavy atom. The number of aliphatic carboxylic acids is 1. The van der Waals surface area contributed by atoms with E-state index in [9.17, 15) is 19.8 Å². The van der Waals surface area contributed by atoms with Gasteiger partial charge in [-0.1, -0.05) is 0 Å². The molecule has 2 unspecified atom stereocenters. The molecule has 0 saturated carbocycles. The van der Waals surface area contributed by atoms with Gasteiger partial charge in [-0.15, -0.1) is 0 Å². The Bertz CT molecular complexity index is 552. The number of carbonyl (C=O) groups is 1. The number of rotatable bonds is 3. The van der Waals surface area contributed by atoms with Crippen LogP contribution in [0.15, 0.2) is 23.8 Å². The molecule has 0 heterocycles. The maximum atomic E-state index is 11.4. The summed E-state index contributed by atoms with van der Waals surface area (Å²) in [5.41, 5.74) is 0.235. The summed E-state index contributed by atoms with van der Waals surface area (Å²) in [6.45, 7) is 2.59. The summed E-state index contributed by atoms with van der Waals surface area (Å²) >= 11 is -8.43. The molecular weight excluding hydrogens is 354 g/mol. The van der Waals surface area contributed by atoms with Crippen LogP contribution < -0.4 is 0 Å². The third-order valence-corrected chi connectivity index (χ3v) is 9.88. The fraction of sp³-hybridized carbons (Fsp3) is 0.444. The Balaban J connectivity index is 3.77. The molecule has 1 N–H and O–H groups in total. The summed E-state index contributed by atoms with van der Waals surface area (Å²) < 4.78 is 41.5. The molecule has 6 nitrogen and oxygen atoms in total. The van der Waals surface area contributed by atoms with Crippen LogP contribution in [-0.2, 0) is 19.8 Å². The monoisotopic (exact) mass is 364 g/mol. The molecule has 1 aliphatic carbocycles. The molecule has 0 amide bonds. The number of hydrogen-bond acceptors (Lipinski definition) is 5. The van der Waals surface area contributed by atoms with Crippen LogP contribution in [0.25, 0.3) is 0 Å². The Labute approximate surface area is 106 Å². The molecule has 1 rings (SSSR count). The molecule has 92 valence electrons. The van der Waals surface area contributed by atoms with E-state index in [0.29, 0.717) is 0 Å². The molecule has 0 aromatic carbocycles. The summed E-state index contributed by atoms with van der Waals surface area (Å²) in [7, 11) is 0. The number of hydrogen-bond donors (Lipinski definition) is 1. The van der Waals surface area contributed by atoms with Gasteiger partial charge in [-0.2, -0.15) is 0 Å². The minimum atomic E-state index is -4.33. The topological polar surface area (TPSA) is 106 Å². The molecule has 0 aliphatic heterocycles. The van der Waals surface area contributed by atoms with Crippen molar-refractivity contribution in [2.24, 2.45) is 0 Å². The van der Waals surface area contributed by atoms with E-state index in [0.717, 1.165) is 13.0 Å². The second kappa shape index (κ2) is 4.50. The van der Waals surface area contributed by atoms with Crippen LogP contribution >= 0.6 is 0 Å². The zero-order valence-corrected chi connectivity index (χ0v) is 12.9. The van der Waals surface area contributed by atoms with E-state index in [1.165, 1.54) is 19.1 Å². The zero-order valence-electron chi connectivity index (χ0n) is 9.11. The van der Waals surface area contributed by atoms with Gasteiger partial charge in [0, 0.05) is 0 Å². The average molecular weight is 364 g/mol. The molecule has 0 spiro atoms. The average Bonchev–Trinajstić information content (AvgIpc) is 2.20. The quantitative estimate of drug-likeness (QED) is 0.743. The molecule has 17 heavy (non-hydrogen) atoms. The van der Waals surface area contributed by atoms with Gasteiger partial charge in [0.05, 0.1) is 0 Å². The molecule has 0 radical (unpaired) electrons. The van der Waals surface area contributed by atoms with Crippen LogP contribution in [0.2, 0.25) is 8.41 Å². The van der Waals surface area contributed by atoms with E-state index in [1.807, 2.05) is 0 Å². The van der Waals surface area contributed by atoms with Crippen molar-refractivity contribution in [3.8, 4) is 0 Å². The van der Waals surface area contributed by atoms with Crippen molar-refractivity contribution in [3.05, 3.63) is 23.8 Å². The third kappa shape index (κ3) is 1.74. The second-order valence-electron chi connectivity index (χ2n) is 3.87. The number of carboxylic acids is 1. The van der Waals surface area contributed by atoms with E-state index in [1.54, 1.807) is 0 Å². The van der Waals surface area contributed by atoms with Gasteiger partial charge in [0.1, 0.15) is 0 Å². The van der Waals surface area contributed by atoms with Crippen LogP contribution in [0.4, 0.5) is 0 Å². The van der Waals surface area contributed by atoms with Crippen molar-refractivity contribution in [1.29, 1.82) is 0 Å². The third-order valence-electron chi connectivity index (χ3n) is 3.17. The van der Waals surface area contributed by atoms with Crippen LogP contribution in [0.1, 0.15) is 13.8 Å². The van der Waals surface area contributed by atoms with Gasteiger partial charge in [0.25, 0.3) is 0 Å². The first-order valence-electron chi connectivity index (χ1n) is 4.60. The molecular formula is C9H10As2O6. The summed E-state index contributed by atoms with van der Waals surface area (Å²) in [6.07, 6.45) is 3.66. The van der Waals surface area contributed by atoms with Crippen molar-refractivity contribution in [2.45, 2.75) is 22.3 Å². The van der Waals surface area contributed by atoms with Gasteiger partial charge in [-0.05, 0) is 0 Å². The summed E-state index contributed by atoms with van der Waals surface area (Å²) in [6, 6.07) is 0. The van der Waals surface area contributed by atoms with Gasteiger partial charge in [-0.25, -0.2) is 0 Å². The zero-order chi connectivity index (χ0) is 13.4. The molecule has 1 aliphatic rings. The van der Waals surface area contributed by atoms with Gasteiger partial charge < -0.3 is 0 Å². The first-order valence-corrected chi connectivity index (χ1v) is 9.54. The van der Waals surface area contributed by atoms with Crippen molar-refractivity contribution in [2.75, 3.05) is 0 Å². The Hall–Kier alpha value is -0.733. The van der Waals surface area contributed by atoms with E-state index < -0.39 is 43.4 Å². The van der Waals surface area contributed by atoms with Crippen LogP contribution in [0.5, 0.6) is 0 Å². The molecule has 0 bridgehead atoms. The van der Waals surface area contributed by atoms with E-state index in [4.69, 9.17) is 5.11 Å². The number of allylic oxidation sites excluding steroid dienone is 3. The SMILES string of the molecule is CC1=CC=CC(C(=O)O)([As](=O)=O)C1(C)[As](=O)=O. The minimum absolute atomic E-state index is 0.235. The van der Waals surface area contributed by atoms with Crippen LogP contribution in [-0.4, -0.2) is 40.1 Å². The van der Waals surface area contributed by atoms with E-state index >= 15 is 0 Å². The summed E-state index contributed by atoms with van der Waals surface area (Å²) in [4.78, 5) is 11.3. The van der Waals surface area contributed by atoms with Gasteiger partial charge in [-0.3, -0.25) is 0 Å². The van der Waals surface area contributed by atoms with E-state index in [-0.39, 0.29) is 5.57 Å². The first kappa shape index (κ1) is 14.3. The Kier molecular flexibility index (Phi) is 3.80. The van der Waals surface area contributed by atoms with Crippen LogP contribution in [0, 0.1) is 0 Å². The maximum absolute atomic E-state index is 11.4. The van der Waals surface area contributed by atoms with Gasteiger partial charge >= 0.3 is 106 Å². The fourth-order valence-electron chi connectivity index (χ4n) is 1.84. The Morgan fingerprint density at radius 3 is 2.06 bits per heavy atom. The Morgan fingerprint density at radius 2 is 1.76 bits per heavy atom. The predicted octanol–water partition coefficient (Wildman–Crippen LogP) is 0.786. The van der Waals surface area contributed by atoms with E-state index in [2.05, 4.69) is 0 Å². The predicted molar refractivity (Wildman–Crippen MR) is 55.8 cm³/mol.